The molecule has 5 heteroatoms. The molecule has 0 aliphatic carbocycles. The minimum Gasteiger partial charge on any atom is -0.462 e. The SMILES string of the molecule is C=C(C)C(=O)OC[SiH](Cl)OC. The topological polar surface area (TPSA) is 35.5 Å². The Hall–Kier alpha value is -0.323. The van der Waals surface area contributed by atoms with E-state index in [1.54, 1.807) is 6.92 Å². The maximum absolute atomic E-state index is 10.7. The van der Waals surface area contributed by atoms with Crippen LogP contribution < -0.4 is 0 Å². The summed E-state index contributed by atoms with van der Waals surface area (Å²) in [4.78, 5) is 10.7. The van der Waals surface area contributed by atoms with Crippen molar-refractivity contribution in [2.45, 2.75) is 6.92 Å². The van der Waals surface area contributed by atoms with E-state index in [1.807, 2.05) is 0 Å². The lowest BCUT2D eigenvalue weighted by molar-refractivity contribution is -0.137. The van der Waals surface area contributed by atoms with Gasteiger partial charge in [-0.2, -0.15) is 0 Å². The zero-order valence-corrected chi connectivity index (χ0v) is 8.50. The highest BCUT2D eigenvalue weighted by atomic mass is 35.6. The summed E-state index contributed by atoms with van der Waals surface area (Å²) in [5.74, 6) is -0.416. The van der Waals surface area contributed by atoms with Crippen LogP contribution in [0.25, 0.3) is 0 Å². The van der Waals surface area contributed by atoms with Gasteiger partial charge < -0.3 is 9.16 Å². The predicted molar refractivity (Wildman–Crippen MR) is 45.8 cm³/mol. The lowest BCUT2D eigenvalue weighted by atomic mass is 10.4. The van der Waals surface area contributed by atoms with Gasteiger partial charge in [0.1, 0.15) is 6.23 Å². The first-order valence-corrected chi connectivity index (χ1v) is 6.10. The molecule has 0 aliphatic rings. The first-order valence-electron chi connectivity index (χ1n) is 3.07. The number of rotatable bonds is 4. The van der Waals surface area contributed by atoms with Gasteiger partial charge in [0, 0.05) is 12.7 Å². The third kappa shape index (κ3) is 5.00. The second kappa shape index (κ2) is 5.34. The van der Waals surface area contributed by atoms with E-state index in [9.17, 15) is 4.79 Å². The van der Waals surface area contributed by atoms with E-state index in [-0.39, 0.29) is 6.23 Å². The second-order valence-electron chi connectivity index (χ2n) is 2.02. The fraction of sp³-hybridized carbons (Fsp3) is 0.500. The van der Waals surface area contributed by atoms with Gasteiger partial charge in [-0.1, -0.05) is 6.58 Å². The van der Waals surface area contributed by atoms with Crippen LogP contribution in [-0.4, -0.2) is 27.7 Å². The van der Waals surface area contributed by atoms with E-state index in [0.717, 1.165) is 0 Å². The number of hydrogen-bond acceptors (Lipinski definition) is 3. The van der Waals surface area contributed by atoms with E-state index >= 15 is 0 Å². The summed E-state index contributed by atoms with van der Waals surface area (Å²) in [7, 11) is -0.292. The van der Waals surface area contributed by atoms with Crippen LogP contribution in [0.4, 0.5) is 0 Å². The minimum absolute atomic E-state index is 0.184. The second-order valence-corrected chi connectivity index (χ2v) is 5.11. The molecule has 0 heterocycles. The normalized spacial score (nSPS) is 12.3. The van der Waals surface area contributed by atoms with Crippen molar-refractivity contribution in [2.24, 2.45) is 0 Å². The zero-order valence-electron chi connectivity index (χ0n) is 6.59. The first kappa shape index (κ1) is 10.7. The number of halogens is 1. The summed E-state index contributed by atoms with van der Waals surface area (Å²) >= 11 is 5.62. The molecule has 0 spiro atoms. The molecule has 0 rings (SSSR count). The highest BCUT2D eigenvalue weighted by Gasteiger charge is 2.09. The molecule has 0 amide bonds. The molecule has 0 N–H and O–H groups in total. The summed E-state index contributed by atoms with van der Waals surface area (Å²) in [5, 5.41) is 0. The number of ether oxygens (including phenoxy) is 1. The van der Waals surface area contributed by atoms with Gasteiger partial charge in [-0.3, -0.25) is 0 Å². The van der Waals surface area contributed by atoms with Crippen molar-refractivity contribution in [3.05, 3.63) is 12.2 Å². The molecule has 0 aromatic rings. The van der Waals surface area contributed by atoms with Crippen molar-refractivity contribution >= 4 is 25.4 Å². The third-order valence-electron chi connectivity index (χ3n) is 0.950. The quantitative estimate of drug-likeness (QED) is 0.287. The Morgan fingerprint density at radius 2 is 2.27 bits per heavy atom. The van der Waals surface area contributed by atoms with E-state index in [1.165, 1.54) is 7.11 Å². The van der Waals surface area contributed by atoms with Crippen molar-refractivity contribution in [1.29, 1.82) is 0 Å². The zero-order chi connectivity index (χ0) is 8.85. The van der Waals surface area contributed by atoms with Crippen LogP contribution >= 0.6 is 11.1 Å². The van der Waals surface area contributed by atoms with Crippen LogP contribution in [0.3, 0.4) is 0 Å². The van der Waals surface area contributed by atoms with E-state index < -0.39 is 14.3 Å². The molecule has 11 heavy (non-hydrogen) atoms. The average molecular weight is 195 g/mol. The van der Waals surface area contributed by atoms with Crippen molar-refractivity contribution in [1.82, 2.24) is 0 Å². The summed E-state index contributed by atoms with van der Waals surface area (Å²) in [6, 6.07) is 0. The summed E-state index contributed by atoms with van der Waals surface area (Å²) in [6.45, 7) is 5.00. The maximum Gasteiger partial charge on any atom is 0.332 e. The van der Waals surface area contributed by atoms with Crippen LogP contribution in [0.1, 0.15) is 6.92 Å². The Labute approximate surface area is 72.4 Å². The van der Waals surface area contributed by atoms with Gasteiger partial charge in [-0.05, 0) is 6.92 Å². The molecule has 64 valence electrons. The lowest BCUT2D eigenvalue weighted by Crippen LogP contribution is -2.20. The van der Waals surface area contributed by atoms with Gasteiger partial charge in [-0.25, -0.2) is 4.79 Å². The monoisotopic (exact) mass is 194 g/mol. The van der Waals surface area contributed by atoms with Gasteiger partial charge >= 0.3 is 14.3 Å². The summed E-state index contributed by atoms with van der Waals surface area (Å²) in [6.07, 6.45) is 0.184. The van der Waals surface area contributed by atoms with Crippen LogP contribution in [0.2, 0.25) is 0 Å². The largest absolute Gasteiger partial charge is 0.462 e. The molecule has 1 unspecified atom stereocenters. The van der Waals surface area contributed by atoms with Crippen LogP contribution in [0.15, 0.2) is 12.2 Å². The average Bonchev–Trinajstić information content (AvgIpc) is 1.99. The van der Waals surface area contributed by atoms with Crippen LogP contribution in [0.5, 0.6) is 0 Å². The number of carbonyl (C=O) groups excluding carboxylic acids is 1. The lowest BCUT2D eigenvalue weighted by Gasteiger charge is -2.05. The third-order valence-corrected chi connectivity index (χ3v) is 2.80. The molecule has 0 saturated heterocycles. The Bertz CT molecular complexity index is 160. The van der Waals surface area contributed by atoms with Crippen molar-refractivity contribution < 1.29 is 14.0 Å². The maximum atomic E-state index is 10.7. The Morgan fingerprint density at radius 3 is 2.64 bits per heavy atom. The Balaban J connectivity index is 3.54. The van der Waals surface area contributed by atoms with Crippen LogP contribution in [0, 0.1) is 0 Å². The van der Waals surface area contributed by atoms with Crippen molar-refractivity contribution in [2.75, 3.05) is 13.3 Å². The van der Waals surface area contributed by atoms with Crippen molar-refractivity contribution in [3.8, 4) is 0 Å². The van der Waals surface area contributed by atoms with E-state index in [4.69, 9.17) is 20.2 Å². The molecule has 0 fully saturated rings. The highest BCUT2D eigenvalue weighted by molar-refractivity contribution is 7.03. The number of carbonyl (C=O) groups is 1. The fourth-order valence-electron chi connectivity index (χ4n) is 0.332. The van der Waals surface area contributed by atoms with Gasteiger partial charge in [0.25, 0.3) is 0 Å². The van der Waals surface area contributed by atoms with Gasteiger partial charge in [0.05, 0.1) is 0 Å². The smallest absolute Gasteiger partial charge is 0.332 e. The minimum atomic E-state index is -1.79. The molecule has 0 saturated carbocycles. The fourth-order valence-corrected chi connectivity index (χ4v) is 0.940. The Morgan fingerprint density at radius 1 is 1.73 bits per heavy atom. The Kier molecular flexibility index (Phi) is 5.19. The first-order chi connectivity index (χ1) is 5.07. The summed E-state index contributed by atoms with van der Waals surface area (Å²) < 4.78 is 9.50. The predicted octanol–water partition coefficient (Wildman–Crippen LogP) is 0.751. The van der Waals surface area contributed by atoms with Crippen LogP contribution in [-0.2, 0) is 14.0 Å². The molecule has 0 aromatic carbocycles. The van der Waals surface area contributed by atoms with Crippen molar-refractivity contribution in [3.63, 3.8) is 0 Å². The number of esters is 1. The van der Waals surface area contributed by atoms with Gasteiger partial charge in [0.15, 0.2) is 0 Å². The molecule has 0 bridgehead atoms. The highest BCUT2D eigenvalue weighted by Crippen LogP contribution is 1.96. The molecule has 0 radical (unpaired) electrons. The molecule has 1 atom stereocenters. The molecular weight excluding hydrogens is 184 g/mol. The van der Waals surface area contributed by atoms with E-state index in [0.29, 0.717) is 5.57 Å². The molecule has 0 aliphatic heterocycles. The van der Waals surface area contributed by atoms with E-state index in [2.05, 4.69) is 6.58 Å². The molecule has 3 nitrogen and oxygen atoms in total. The molecule has 0 aromatic heterocycles. The van der Waals surface area contributed by atoms with Gasteiger partial charge in [-0.15, -0.1) is 11.1 Å². The van der Waals surface area contributed by atoms with Gasteiger partial charge in [0.2, 0.25) is 0 Å². The number of hydrogen-bond donors (Lipinski definition) is 0. The standard InChI is InChI=1S/C6H11ClO3Si/c1-5(2)6(8)10-4-11(7)9-3/h11H,1,4H2,2-3H3. The summed E-state index contributed by atoms with van der Waals surface area (Å²) in [5.41, 5.74) is 0.374. The molecular formula is C6H11ClO3Si.